The Morgan fingerprint density at radius 3 is 2.78 bits per heavy atom. The monoisotopic (exact) mass is 237 g/mol. The van der Waals surface area contributed by atoms with E-state index in [0.29, 0.717) is 11.8 Å². The van der Waals surface area contributed by atoms with Crippen LogP contribution in [0.5, 0.6) is 0 Å². The SMILES string of the molecule is C=C/C=C\C(=C/C)NC1=CC=CC2C=CC=CC12. The van der Waals surface area contributed by atoms with E-state index in [4.69, 9.17) is 0 Å². The molecule has 92 valence electrons. The van der Waals surface area contributed by atoms with Crippen LogP contribution in [0.1, 0.15) is 6.92 Å². The molecule has 0 saturated carbocycles. The molecule has 0 aromatic heterocycles. The summed E-state index contributed by atoms with van der Waals surface area (Å²) < 4.78 is 0. The van der Waals surface area contributed by atoms with Crippen molar-refractivity contribution in [1.29, 1.82) is 0 Å². The maximum absolute atomic E-state index is 3.69. The minimum absolute atomic E-state index is 0.423. The predicted octanol–water partition coefficient (Wildman–Crippen LogP) is 4.03. The summed E-state index contributed by atoms with van der Waals surface area (Å²) in [6.45, 7) is 5.72. The van der Waals surface area contributed by atoms with E-state index in [1.807, 2.05) is 19.1 Å². The lowest BCUT2D eigenvalue weighted by molar-refractivity contribution is 0.591. The van der Waals surface area contributed by atoms with Gasteiger partial charge in [0.15, 0.2) is 0 Å². The fraction of sp³-hybridized carbons (Fsp3) is 0.176. The van der Waals surface area contributed by atoms with Gasteiger partial charge in [-0.1, -0.05) is 61.3 Å². The van der Waals surface area contributed by atoms with E-state index in [2.05, 4.69) is 60.5 Å². The summed E-state index contributed by atoms with van der Waals surface area (Å²) in [5.74, 6) is 0.899. The number of hydrogen-bond donors (Lipinski definition) is 1. The topological polar surface area (TPSA) is 12.0 Å². The molecular weight excluding hydrogens is 218 g/mol. The van der Waals surface area contributed by atoms with Crippen LogP contribution >= 0.6 is 0 Å². The smallest absolute Gasteiger partial charge is 0.0338 e. The van der Waals surface area contributed by atoms with Gasteiger partial charge in [0.1, 0.15) is 0 Å². The van der Waals surface area contributed by atoms with Crippen molar-refractivity contribution in [2.24, 2.45) is 11.8 Å². The molecule has 0 aromatic rings. The Morgan fingerprint density at radius 2 is 2.00 bits per heavy atom. The van der Waals surface area contributed by atoms with E-state index in [1.54, 1.807) is 6.08 Å². The first kappa shape index (κ1) is 12.4. The molecule has 0 aliphatic heterocycles. The van der Waals surface area contributed by atoms with Crippen LogP contribution in [0.25, 0.3) is 0 Å². The minimum atomic E-state index is 0.423. The third-order valence-corrected chi connectivity index (χ3v) is 3.16. The molecular formula is C17H19N. The second-order valence-electron chi connectivity index (χ2n) is 4.34. The highest BCUT2D eigenvalue weighted by Gasteiger charge is 2.22. The number of fused-ring (bicyclic) bond motifs is 1. The molecule has 18 heavy (non-hydrogen) atoms. The Labute approximate surface area is 109 Å². The molecule has 2 unspecified atom stereocenters. The van der Waals surface area contributed by atoms with Gasteiger partial charge in [-0.3, -0.25) is 0 Å². The normalized spacial score (nSPS) is 26.1. The van der Waals surface area contributed by atoms with Gasteiger partial charge < -0.3 is 5.32 Å². The van der Waals surface area contributed by atoms with Gasteiger partial charge in [0, 0.05) is 23.2 Å². The third-order valence-electron chi connectivity index (χ3n) is 3.16. The summed E-state index contributed by atoms with van der Waals surface area (Å²) in [7, 11) is 0. The highest BCUT2D eigenvalue weighted by molar-refractivity contribution is 5.36. The molecule has 0 aromatic carbocycles. The molecule has 0 radical (unpaired) electrons. The van der Waals surface area contributed by atoms with Gasteiger partial charge in [0.25, 0.3) is 0 Å². The van der Waals surface area contributed by atoms with E-state index < -0.39 is 0 Å². The number of allylic oxidation sites excluding steroid dienone is 11. The summed E-state index contributed by atoms with van der Waals surface area (Å²) in [6.07, 6.45) is 23.1. The van der Waals surface area contributed by atoms with Crippen LogP contribution in [0.15, 0.2) is 84.8 Å². The lowest BCUT2D eigenvalue weighted by Gasteiger charge is -2.28. The van der Waals surface area contributed by atoms with Gasteiger partial charge in [-0.05, 0) is 19.1 Å². The molecule has 0 saturated heterocycles. The average Bonchev–Trinajstić information content (AvgIpc) is 2.43. The molecule has 2 atom stereocenters. The van der Waals surface area contributed by atoms with Crippen molar-refractivity contribution in [3.8, 4) is 0 Å². The summed E-state index contributed by atoms with van der Waals surface area (Å²) >= 11 is 0. The number of nitrogens with one attached hydrogen (secondary N) is 1. The number of hydrogen-bond acceptors (Lipinski definition) is 1. The van der Waals surface area contributed by atoms with Crippen LogP contribution in [0.3, 0.4) is 0 Å². The zero-order valence-corrected chi connectivity index (χ0v) is 10.7. The van der Waals surface area contributed by atoms with Crippen molar-refractivity contribution in [2.75, 3.05) is 0 Å². The second-order valence-corrected chi connectivity index (χ2v) is 4.34. The minimum Gasteiger partial charge on any atom is -0.359 e. The van der Waals surface area contributed by atoms with Gasteiger partial charge in [-0.25, -0.2) is 0 Å². The van der Waals surface area contributed by atoms with Crippen molar-refractivity contribution >= 4 is 0 Å². The van der Waals surface area contributed by atoms with Crippen LogP contribution in [0.4, 0.5) is 0 Å². The van der Waals surface area contributed by atoms with Gasteiger partial charge in [0.05, 0.1) is 0 Å². The van der Waals surface area contributed by atoms with E-state index in [0.717, 1.165) is 5.70 Å². The molecule has 0 fully saturated rings. The Balaban J connectivity index is 2.13. The molecule has 2 aliphatic rings. The highest BCUT2D eigenvalue weighted by Crippen LogP contribution is 2.30. The summed E-state index contributed by atoms with van der Waals surface area (Å²) in [5.41, 5.74) is 2.34. The van der Waals surface area contributed by atoms with Crippen molar-refractivity contribution < 1.29 is 0 Å². The predicted molar refractivity (Wildman–Crippen MR) is 78.7 cm³/mol. The first-order valence-electron chi connectivity index (χ1n) is 6.31. The molecule has 2 rings (SSSR count). The molecule has 0 bridgehead atoms. The quantitative estimate of drug-likeness (QED) is 0.728. The van der Waals surface area contributed by atoms with Gasteiger partial charge in [0.2, 0.25) is 0 Å². The van der Waals surface area contributed by atoms with Crippen molar-refractivity contribution in [1.82, 2.24) is 5.32 Å². The van der Waals surface area contributed by atoms with Gasteiger partial charge in [-0.2, -0.15) is 0 Å². The van der Waals surface area contributed by atoms with Gasteiger partial charge in [-0.15, -0.1) is 0 Å². The largest absolute Gasteiger partial charge is 0.359 e. The first-order chi connectivity index (χ1) is 8.85. The lowest BCUT2D eigenvalue weighted by Crippen LogP contribution is -2.25. The van der Waals surface area contributed by atoms with E-state index in [-0.39, 0.29) is 0 Å². The van der Waals surface area contributed by atoms with Crippen molar-refractivity contribution in [2.45, 2.75) is 6.92 Å². The Bertz CT molecular complexity index is 484. The molecule has 1 heteroatoms. The Kier molecular flexibility index (Phi) is 4.19. The fourth-order valence-electron chi connectivity index (χ4n) is 2.19. The summed E-state index contributed by atoms with van der Waals surface area (Å²) in [6, 6.07) is 0. The molecule has 2 aliphatic carbocycles. The van der Waals surface area contributed by atoms with E-state index >= 15 is 0 Å². The zero-order chi connectivity index (χ0) is 12.8. The lowest BCUT2D eigenvalue weighted by atomic mass is 9.82. The first-order valence-corrected chi connectivity index (χ1v) is 6.31. The average molecular weight is 237 g/mol. The van der Waals surface area contributed by atoms with E-state index in [1.165, 1.54) is 5.70 Å². The van der Waals surface area contributed by atoms with Crippen LogP contribution in [-0.4, -0.2) is 0 Å². The molecule has 1 N–H and O–H groups in total. The maximum Gasteiger partial charge on any atom is 0.0338 e. The van der Waals surface area contributed by atoms with Crippen molar-refractivity contribution in [3.05, 3.63) is 84.8 Å². The fourth-order valence-corrected chi connectivity index (χ4v) is 2.19. The highest BCUT2D eigenvalue weighted by atomic mass is 14.9. The second kappa shape index (κ2) is 6.06. The summed E-state index contributed by atoms with van der Waals surface area (Å²) in [4.78, 5) is 0. The van der Waals surface area contributed by atoms with E-state index in [9.17, 15) is 0 Å². The molecule has 0 spiro atoms. The Morgan fingerprint density at radius 1 is 1.22 bits per heavy atom. The maximum atomic E-state index is 3.69. The Hall–Kier alpha value is -2.02. The standard InChI is InChI=1S/C17H19N/c1-3-5-11-15(4-2)18-17-13-8-10-14-9-6-7-12-16(14)17/h3-14,16,18H,1H2,2H3/b11-5-,15-4+. The molecule has 1 nitrogen and oxygen atoms in total. The number of rotatable bonds is 4. The molecule has 0 heterocycles. The molecule has 0 amide bonds. The third kappa shape index (κ3) is 2.80. The van der Waals surface area contributed by atoms with Crippen LogP contribution in [0, 0.1) is 11.8 Å². The van der Waals surface area contributed by atoms with Crippen molar-refractivity contribution in [3.63, 3.8) is 0 Å². The van der Waals surface area contributed by atoms with Crippen LogP contribution in [-0.2, 0) is 0 Å². The van der Waals surface area contributed by atoms with Gasteiger partial charge >= 0.3 is 0 Å². The van der Waals surface area contributed by atoms with Crippen LogP contribution < -0.4 is 5.32 Å². The summed E-state index contributed by atoms with van der Waals surface area (Å²) in [5, 5.41) is 3.49. The van der Waals surface area contributed by atoms with Crippen LogP contribution in [0.2, 0.25) is 0 Å². The zero-order valence-electron chi connectivity index (χ0n) is 10.7.